The van der Waals surface area contributed by atoms with Crippen LogP contribution in [0.1, 0.15) is 31.2 Å². The number of hydrogen-bond acceptors (Lipinski definition) is 4. The maximum absolute atomic E-state index is 11.2. The molecule has 0 aliphatic heterocycles. The van der Waals surface area contributed by atoms with Gasteiger partial charge in [-0.05, 0) is 25.0 Å². The highest BCUT2D eigenvalue weighted by Crippen LogP contribution is 2.31. The van der Waals surface area contributed by atoms with E-state index >= 15 is 0 Å². The summed E-state index contributed by atoms with van der Waals surface area (Å²) in [7, 11) is 1.55. The van der Waals surface area contributed by atoms with Gasteiger partial charge >= 0.3 is 0 Å². The smallest absolute Gasteiger partial charge is 0.162 e. The first kappa shape index (κ1) is 12.4. The summed E-state index contributed by atoms with van der Waals surface area (Å²) in [6.07, 6.45) is 2.74. The first-order valence-electron chi connectivity index (χ1n) is 5.99. The van der Waals surface area contributed by atoms with Crippen molar-refractivity contribution in [1.82, 2.24) is 0 Å². The van der Waals surface area contributed by atoms with Gasteiger partial charge in [-0.25, -0.2) is 0 Å². The van der Waals surface area contributed by atoms with Gasteiger partial charge < -0.3 is 9.47 Å². The molecule has 0 saturated heterocycles. The number of ether oxygens (including phenoxy) is 2. The van der Waals surface area contributed by atoms with Crippen LogP contribution >= 0.6 is 0 Å². The second-order valence-electron chi connectivity index (χ2n) is 4.33. The van der Waals surface area contributed by atoms with Crippen molar-refractivity contribution in [2.75, 3.05) is 7.11 Å². The van der Waals surface area contributed by atoms with Gasteiger partial charge in [0.25, 0.3) is 0 Å². The molecule has 1 aromatic carbocycles. The molecule has 0 bridgehead atoms. The normalized spacial score (nSPS) is 16.1. The number of methoxy groups -OCH3 is 1. The van der Waals surface area contributed by atoms with Gasteiger partial charge in [0.15, 0.2) is 11.5 Å². The highest BCUT2D eigenvalue weighted by Gasteiger charge is 2.21. The summed E-state index contributed by atoms with van der Waals surface area (Å²) < 4.78 is 11.0. The third kappa shape index (κ3) is 2.80. The molecule has 1 fully saturated rings. The molecular weight excluding hydrogens is 230 g/mol. The fourth-order valence-electron chi connectivity index (χ4n) is 2.05. The minimum Gasteiger partial charge on any atom is -0.493 e. The number of hydrogen-bond donors (Lipinski definition) is 0. The summed E-state index contributed by atoms with van der Waals surface area (Å²) in [5.41, 5.74) is 0.540. The van der Waals surface area contributed by atoms with Crippen LogP contribution in [0, 0.1) is 11.3 Å². The van der Waals surface area contributed by atoms with Gasteiger partial charge in [0.05, 0.1) is 24.8 Å². The van der Waals surface area contributed by atoms with Crippen LogP contribution in [0.2, 0.25) is 0 Å². The Bertz CT molecular complexity index is 480. The number of nitrogens with zero attached hydrogens (tertiary/aromatic N) is 1. The first-order valence-corrected chi connectivity index (χ1v) is 5.99. The van der Waals surface area contributed by atoms with E-state index in [2.05, 4.69) is 6.07 Å². The van der Waals surface area contributed by atoms with Crippen molar-refractivity contribution in [2.45, 2.75) is 31.8 Å². The predicted molar refractivity (Wildman–Crippen MR) is 65.6 cm³/mol. The van der Waals surface area contributed by atoms with Crippen LogP contribution in [0.5, 0.6) is 11.5 Å². The fourth-order valence-corrected chi connectivity index (χ4v) is 2.05. The molecule has 2 rings (SSSR count). The third-order valence-electron chi connectivity index (χ3n) is 3.08. The standard InChI is InChI=1S/C14H15NO3/c1-17-14-8-10(9-15)2-7-13(14)18-12-5-3-11(16)4-6-12/h2,7-8,12H,3-6H2,1H3. The molecular formula is C14H15NO3. The number of carbonyl (C=O) groups excluding carboxylic acids is 1. The number of carbonyl (C=O) groups is 1. The lowest BCUT2D eigenvalue weighted by Crippen LogP contribution is -2.24. The van der Waals surface area contributed by atoms with Crippen molar-refractivity contribution < 1.29 is 14.3 Å². The van der Waals surface area contributed by atoms with Crippen molar-refractivity contribution >= 4 is 5.78 Å². The Morgan fingerprint density at radius 1 is 1.28 bits per heavy atom. The van der Waals surface area contributed by atoms with Crippen LogP contribution in [-0.2, 0) is 4.79 Å². The largest absolute Gasteiger partial charge is 0.493 e. The van der Waals surface area contributed by atoms with Crippen LogP contribution in [0.3, 0.4) is 0 Å². The third-order valence-corrected chi connectivity index (χ3v) is 3.08. The lowest BCUT2D eigenvalue weighted by molar-refractivity contribution is -0.121. The van der Waals surface area contributed by atoms with Crippen molar-refractivity contribution in [3.8, 4) is 17.6 Å². The Kier molecular flexibility index (Phi) is 3.83. The average molecular weight is 245 g/mol. The Morgan fingerprint density at radius 2 is 2.00 bits per heavy atom. The Hall–Kier alpha value is -2.02. The predicted octanol–water partition coefficient (Wildman–Crippen LogP) is 2.46. The SMILES string of the molecule is COc1cc(C#N)ccc1OC1CCC(=O)CC1. The number of nitriles is 1. The van der Waals surface area contributed by atoms with E-state index in [1.54, 1.807) is 25.3 Å². The van der Waals surface area contributed by atoms with E-state index in [0.717, 1.165) is 12.8 Å². The molecule has 4 heteroatoms. The van der Waals surface area contributed by atoms with Crippen molar-refractivity contribution in [3.63, 3.8) is 0 Å². The van der Waals surface area contributed by atoms with E-state index in [4.69, 9.17) is 14.7 Å². The molecule has 1 aromatic rings. The van der Waals surface area contributed by atoms with E-state index in [0.29, 0.717) is 35.7 Å². The monoisotopic (exact) mass is 245 g/mol. The zero-order valence-corrected chi connectivity index (χ0v) is 10.3. The molecule has 0 amide bonds. The molecule has 0 spiro atoms. The highest BCUT2D eigenvalue weighted by atomic mass is 16.5. The lowest BCUT2D eigenvalue weighted by Gasteiger charge is -2.23. The van der Waals surface area contributed by atoms with Gasteiger partial charge in [-0.15, -0.1) is 0 Å². The summed E-state index contributed by atoms with van der Waals surface area (Å²) in [5.74, 6) is 1.50. The Balaban J connectivity index is 2.09. The second kappa shape index (κ2) is 5.54. The average Bonchev–Trinajstić information content (AvgIpc) is 2.41. The maximum atomic E-state index is 11.2. The Labute approximate surface area is 106 Å². The molecule has 0 unspecified atom stereocenters. The molecule has 94 valence electrons. The maximum Gasteiger partial charge on any atom is 0.162 e. The van der Waals surface area contributed by atoms with Gasteiger partial charge in [-0.1, -0.05) is 0 Å². The molecule has 1 aliphatic rings. The summed E-state index contributed by atoms with van der Waals surface area (Å²) in [5, 5.41) is 8.82. The second-order valence-corrected chi connectivity index (χ2v) is 4.33. The van der Waals surface area contributed by atoms with Gasteiger partial charge in [-0.2, -0.15) is 5.26 Å². The highest BCUT2D eigenvalue weighted by molar-refractivity contribution is 5.79. The van der Waals surface area contributed by atoms with Gasteiger partial charge in [0.2, 0.25) is 0 Å². The quantitative estimate of drug-likeness (QED) is 0.820. The molecule has 0 radical (unpaired) electrons. The zero-order valence-electron chi connectivity index (χ0n) is 10.3. The van der Waals surface area contributed by atoms with E-state index < -0.39 is 0 Å². The molecule has 18 heavy (non-hydrogen) atoms. The summed E-state index contributed by atoms with van der Waals surface area (Å²) in [6, 6.07) is 7.16. The van der Waals surface area contributed by atoms with E-state index in [1.165, 1.54) is 0 Å². The topological polar surface area (TPSA) is 59.3 Å². The van der Waals surface area contributed by atoms with Crippen LogP contribution in [-0.4, -0.2) is 19.0 Å². The minimum atomic E-state index is 0.0598. The van der Waals surface area contributed by atoms with Gasteiger partial charge in [0, 0.05) is 18.9 Å². The fraction of sp³-hybridized carbons (Fsp3) is 0.429. The molecule has 0 heterocycles. The molecule has 0 N–H and O–H groups in total. The van der Waals surface area contributed by atoms with Gasteiger partial charge in [-0.3, -0.25) is 4.79 Å². The number of rotatable bonds is 3. The Morgan fingerprint density at radius 3 is 2.61 bits per heavy atom. The minimum absolute atomic E-state index is 0.0598. The molecule has 0 atom stereocenters. The number of benzene rings is 1. The van der Waals surface area contributed by atoms with E-state index in [-0.39, 0.29) is 6.10 Å². The van der Waals surface area contributed by atoms with Gasteiger partial charge in [0.1, 0.15) is 5.78 Å². The van der Waals surface area contributed by atoms with Crippen molar-refractivity contribution in [3.05, 3.63) is 23.8 Å². The number of ketones is 1. The van der Waals surface area contributed by atoms with E-state index in [9.17, 15) is 4.79 Å². The summed E-state index contributed by atoms with van der Waals surface area (Å²) in [6.45, 7) is 0. The number of Topliss-reactive ketones (excluding diaryl/α,β-unsaturated/α-hetero) is 1. The lowest BCUT2D eigenvalue weighted by atomic mass is 9.96. The first-order chi connectivity index (χ1) is 8.72. The van der Waals surface area contributed by atoms with Crippen molar-refractivity contribution in [2.24, 2.45) is 0 Å². The molecule has 0 aromatic heterocycles. The van der Waals surface area contributed by atoms with Crippen LogP contribution in [0.25, 0.3) is 0 Å². The zero-order chi connectivity index (χ0) is 13.0. The molecule has 1 saturated carbocycles. The van der Waals surface area contributed by atoms with Crippen molar-refractivity contribution in [1.29, 1.82) is 5.26 Å². The summed E-state index contributed by atoms with van der Waals surface area (Å²) >= 11 is 0. The molecule has 1 aliphatic carbocycles. The van der Waals surface area contributed by atoms with E-state index in [1.807, 2.05) is 0 Å². The van der Waals surface area contributed by atoms with Crippen LogP contribution in [0.4, 0.5) is 0 Å². The summed E-state index contributed by atoms with van der Waals surface area (Å²) in [4.78, 5) is 11.2. The van der Waals surface area contributed by atoms with Crippen LogP contribution in [0.15, 0.2) is 18.2 Å². The van der Waals surface area contributed by atoms with Crippen LogP contribution < -0.4 is 9.47 Å². The molecule has 4 nitrogen and oxygen atoms in total.